The summed E-state index contributed by atoms with van der Waals surface area (Å²) in [6.07, 6.45) is -35.0. The molecule has 0 aliphatic carbocycles. The highest BCUT2D eigenvalue weighted by molar-refractivity contribution is 5.73. The Bertz CT molecular complexity index is 1010. The minimum Gasteiger partial charge on any atom is -0.394 e. The summed E-state index contributed by atoms with van der Waals surface area (Å²) >= 11 is 0. The molecule has 4 heterocycles. The van der Waals surface area contributed by atoms with Gasteiger partial charge in [0.25, 0.3) is 0 Å². The molecule has 4 aliphatic rings. The van der Waals surface area contributed by atoms with Gasteiger partial charge in [0.15, 0.2) is 31.5 Å². The molecule has 0 aromatic carbocycles. The largest absolute Gasteiger partial charge is 0.394 e. The fraction of sp³-hybridized carbons (Fsp3) is 0.960. The predicted molar refractivity (Wildman–Crippen MR) is 141 cm³/mol. The molecule has 4 rings (SSSR count). The van der Waals surface area contributed by atoms with E-state index >= 15 is 0 Å². The average Bonchev–Trinajstić information content (AvgIpc) is 3.03. The fourth-order valence-corrected chi connectivity index (χ4v) is 5.68. The maximum absolute atomic E-state index is 12.2. The standard InChI is InChI=1S/C25H43NO21/c1-5(30)26-9-18(44-24-16(37)13(34)10(31)6(2-27)42-24)11(32)7(3-28)41-23(9)45-19-12(33)8(4-29)43-25(17(19)38)46-20-14(35)15(36)21(39)47-22(20)40/h6-25,27-29,31-40H,2-4H2,1H3,(H,26,30). The number of aliphatic hydroxyl groups is 13. The van der Waals surface area contributed by atoms with Crippen LogP contribution in [0.2, 0.25) is 0 Å². The number of hydrogen-bond acceptors (Lipinski definition) is 21. The molecule has 0 spiro atoms. The molecule has 20 unspecified atom stereocenters. The molecule has 47 heavy (non-hydrogen) atoms. The Hall–Kier alpha value is -1.33. The summed E-state index contributed by atoms with van der Waals surface area (Å²) in [5.41, 5.74) is 0. The second-order valence-electron chi connectivity index (χ2n) is 11.5. The Kier molecular flexibility index (Phi) is 13.2. The number of carbonyl (C=O) groups is 1. The maximum Gasteiger partial charge on any atom is 0.217 e. The van der Waals surface area contributed by atoms with E-state index in [-0.39, 0.29) is 0 Å². The van der Waals surface area contributed by atoms with E-state index in [4.69, 9.17) is 33.2 Å². The molecule has 4 fully saturated rings. The number of ether oxygens (including phenoxy) is 7. The van der Waals surface area contributed by atoms with Crippen LogP contribution in [-0.4, -0.2) is 215 Å². The summed E-state index contributed by atoms with van der Waals surface area (Å²) in [5.74, 6) is -0.771. The van der Waals surface area contributed by atoms with Gasteiger partial charge in [-0.05, 0) is 0 Å². The van der Waals surface area contributed by atoms with Crippen molar-refractivity contribution in [1.29, 1.82) is 0 Å². The fourth-order valence-electron chi connectivity index (χ4n) is 5.68. The van der Waals surface area contributed by atoms with Crippen LogP contribution in [0.25, 0.3) is 0 Å². The lowest BCUT2D eigenvalue weighted by molar-refractivity contribution is -0.391. The zero-order valence-corrected chi connectivity index (χ0v) is 24.7. The molecule has 22 nitrogen and oxygen atoms in total. The second-order valence-corrected chi connectivity index (χ2v) is 11.5. The van der Waals surface area contributed by atoms with Crippen LogP contribution in [0.15, 0.2) is 0 Å². The highest BCUT2D eigenvalue weighted by Crippen LogP contribution is 2.34. The van der Waals surface area contributed by atoms with Crippen LogP contribution in [0, 0.1) is 0 Å². The number of amides is 1. The highest BCUT2D eigenvalue weighted by atomic mass is 16.8. The van der Waals surface area contributed by atoms with E-state index in [9.17, 15) is 71.2 Å². The predicted octanol–water partition coefficient (Wildman–Crippen LogP) is -9.65. The number of nitrogens with one attached hydrogen (secondary N) is 1. The second kappa shape index (κ2) is 16.1. The van der Waals surface area contributed by atoms with Crippen molar-refractivity contribution in [3.05, 3.63) is 0 Å². The van der Waals surface area contributed by atoms with Gasteiger partial charge in [-0.3, -0.25) is 4.79 Å². The van der Waals surface area contributed by atoms with Crippen LogP contribution in [0.4, 0.5) is 0 Å². The molecule has 22 heteroatoms. The minimum absolute atomic E-state index is 0.771. The number of carbonyl (C=O) groups excluding carboxylic acids is 1. The molecule has 0 aromatic rings. The normalized spacial score (nSPS) is 51.0. The van der Waals surface area contributed by atoms with Gasteiger partial charge in [-0.2, -0.15) is 0 Å². The van der Waals surface area contributed by atoms with Crippen molar-refractivity contribution in [2.24, 2.45) is 0 Å². The molecular weight excluding hydrogens is 650 g/mol. The van der Waals surface area contributed by atoms with Gasteiger partial charge in [0.2, 0.25) is 5.91 Å². The van der Waals surface area contributed by atoms with Crippen LogP contribution in [-0.2, 0) is 38.0 Å². The summed E-state index contributed by atoms with van der Waals surface area (Å²) < 4.78 is 38.0. The minimum atomic E-state index is -2.07. The Morgan fingerprint density at radius 1 is 0.511 bits per heavy atom. The molecular formula is C25H43NO21. The van der Waals surface area contributed by atoms with Gasteiger partial charge in [0.05, 0.1) is 19.8 Å². The highest BCUT2D eigenvalue weighted by Gasteiger charge is 2.55. The molecule has 0 saturated carbocycles. The van der Waals surface area contributed by atoms with Crippen molar-refractivity contribution in [2.45, 2.75) is 130 Å². The Balaban J connectivity index is 1.60. The third-order valence-electron chi connectivity index (χ3n) is 8.31. The number of aliphatic hydroxyl groups excluding tert-OH is 13. The van der Waals surface area contributed by atoms with Gasteiger partial charge >= 0.3 is 0 Å². The van der Waals surface area contributed by atoms with Crippen LogP contribution in [0.5, 0.6) is 0 Å². The van der Waals surface area contributed by atoms with E-state index < -0.39 is 149 Å². The quantitative estimate of drug-likeness (QED) is 0.101. The van der Waals surface area contributed by atoms with Crippen molar-refractivity contribution in [3.63, 3.8) is 0 Å². The smallest absolute Gasteiger partial charge is 0.217 e. The topological polar surface area (TPSA) is 357 Å². The first-order chi connectivity index (χ1) is 22.1. The molecule has 274 valence electrons. The summed E-state index contributed by atoms with van der Waals surface area (Å²) in [7, 11) is 0. The molecule has 4 saturated heterocycles. The van der Waals surface area contributed by atoms with Crippen molar-refractivity contribution in [3.8, 4) is 0 Å². The van der Waals surface area contributed by atoms with Crippen molar-refractivity contribution in [2.75, 3.05) is 19.8 Å². The van der Waals surface area contributed by atoms with E-state index in [1.165, 1.54) is 0 Å². The van der Waals surface area contributed by atoms with Crippen molar-refractivity contribution in [1.82, 2.24) is 5.32 Å². The lowest BCUT2D eigenvalue weighted by atomic mass is 9.94. The molecule has 20 atom stereocenters. The van der Waals surface area contributed by atoms with E-state index in [1.54, 1.807) is 0 Å². The first-order valence-electron chi connectivity index (χ1n) is 14.6. The Morgan fingerprint density at radius 3 is 1.53 bits per heavy atom. The lowest BCUT2D eigenvalue weighted by Crippen LogP contribution is -2.70. The number of hydrogen-bond donors (Lipinski definition) is 14. The summed E-state index contributed by atoms with van der Waals surface area (Å²) in [6, 6.07) is -1.61. The number of rotatable bonds is 10. The van der Waals surface area contributed by atoms with E-state index in [2.05, 4.69) is 5.32 Å². The Labute approximate surface area is 265 Å². The summed E-state index contributed by atoms with van der Waals surface area (Å²) in [6.45, 7) is -1.60. The van der Waals surface area contributed by atoms with Crippen LogP contribution in [0.1, 0.15) is 6.92 Å². The maximum atomic E-state index is 12.2. The van der Waals surface area contributed by atoms with Gasteiger partial charge in [-0.25, -0.2) is 0 Å². The van der Waals surface area contributed by atoms with Crippen LogP contribution >= 0.6 is 0 Å². The lowest BCUT2D eigenvalue weighted by Gasteiger charge is -2.50. The van der Waals surface area contributed by atoms with E-state index in [0.717, 1.165) is 6.92 Å². The monoisotopic (exact) mass is 693 g/mol. The van der Waals surface area contributed by atoms with Crippen molar-refractivity contribution < 1.29 is 104 Å². The zero-order chi connectivity index (χ0) is 34.9. The van der Waals surface area contributed by atoms with Gasteiger partial charge in [-0.1, -0.05) is 0 Å². The SMILES string of the molecule is CC(=O)NC1C(OC2C(O)C(CO)OC(OC3C(O)OC(O)C(O)C3O)C2O)OC(CO)C(O)C1OC1OC(CO)C(O)C(O)C1O. The molecule has 1 amide bonds. The van der Waals surface area contributed by atoms with Gasteiger partial charge in [-0.15, -0.1) is 0 Å². The van der Waals surface area contributed by atoms with Crippen molar-refractivity contribution >= 4 is 5.91 Å². The van der Waals surface area contributed by atoms with Gasteiger partial charge < -0.3 is 105 Å². The molecule has 0 aromatic heterocycles. The van der Waals surface area contributed by atoms with Gasteiger partial charge in [0, 0.05) is 6.92 Å². The van der Waals surface area contributed by atoms with Crippen LogP contribution in [0.3, 0.4) is 0 Å². The first-order valence-corrected chi connectivity index (χ1v) is 14.6. The molecule has 0 radical (unpaired) electrons. The van der Waals surface area contributed by atoms with Gasteiger partial charge in [0.1, 0.15) is 91.5 Å². The molecule has 0 bridgehead atoms. The third-order valence-corrected chi connectivity index (χ3v) is 8.31. The molecule has 14 N–H and O–H groups in total. The third kappa shape index (κ3) is 8.03. The van der Waals surface area contributed by atoms with E-state index in [1.807, 2.05) is 0 Å². The first kappa shape index (κ1) is 38.5. The van der Waals surface area contributed by atoms with E-state index in [0.29, 0.717) is 0 Å². The van der Waals surface area contributed by atoms with Crippen LogP contribution < -0.4 is 5.32 Å². The zero-order valence-electron chi connectivity index (χ0n) is 24.7. The Morgan fingerprint density at radius 2 is 0.979 bits per heavy atom. The molecule has 4 aliphatic heterocycles. The summed E-state index contributed by atoms with van der Waals surface area (Å²) in [4.78, 5) is 12.2. The average molecular weight is 694 g/mol. The summed E-state index contributed by atoms with van der Waals surface area (Å²) in [5, 5.41) is 136.